The third-order valence-corrected chi connectivity index (χ3v) is 4.61. The van der Waals surface area contributed by atoms with E-state index in [1.54, 1.807) is 0 Å². The molecule has 2 unspecified atom stereocenters. The lowest BCUT2D eigenvalue weighted by atomic mass is 10.2. The molecule has 1 amide bonds. The predicted molar refractivity (Wildman–Crippen MR) is 75.9 cm³/mol. The number of piperidine rings is 1. The lowest BCUT2D eigenvalue weighted by Gasteiger charge is -2.16. The molecule has 2 atom stereocenters. The number of amides is 1. The normalized spacial score (nSPS) is 29.1. The standard InChI is InChI=1S/C15H19ClN2O/c1-2-18-8-12-13(9-18)14(12)15(19)17-7-10-4-3-5-11(16)6-10/h3-6,12-14H,2,7-9H2,1H3,(H,17,19). The zero-order valence-electron chi connectivity index (χ0n) is 11.1. The lowest BCUT2D eigenvalue weighted by molar-refractivity contribution is -0.123. The zero-order chi connectivity index (χ0) is 13.4. The quantitative estimate of drug-likeness (QED) is 0.915. The van der Waals surface area contributed by atoms with Crippen LogP contribution in [-0.2, 0) is 11.3 Å². The van der Waals surface area contributed by atoms with Gasteiger partial charge in [0.15, 0.2) is 0 Å². The van der Waals surface area contributed by atoms with E-state index >= 15 is 0 Å². The summed E-state index contributed by atoms with van der Waals surface area (Å²) in [6.45, 7) is 6.04. The Labute approximate surface area is 118 Å². The molecule has 2 aliphatic rings. The van der Waals surface area contributed by atoms with Gasteiger partial charge in [-0.15, -0.1) is 0 Å². The van der Waals surface area contributed by atoms with E-state index in [1.807, 2.05) is 24.3 Å². The summed E-state index contributed by atoms with van der Waals surface area (Å²) in [6.07, 6.45) is 0. The summed E-state index contributed by atoms with van der Waals surface area (Å²) in [5.74, 6) is 1.66. The fourth-order valence-corrected chi connectivity index (χ4v) is 3.43. The molecule has 0 radical (unpaired) electrons. The van der Waals surface area contributed by atoms with Gasteiger partial charge < -0.3 is 10.2 Å². The van der Waals surface area contributed by atoms with Crippen molar-refractivity contribution < 1.29 is 4.79 Å². The monoisotopic (exact) mass is 278 g/mol. The van der Waals surface area contributed by atoms with Gasteiger partial charge in [-0.05, 0) is 36.1 Å². The molecule has 19 heavy (non-hydrogen) atoms. The van der Waals surface area contributed by atoms with Gasteiger partial charge in [0.1, 0.15) is 0 Å². The molecule has 1 aliphatic heterocycles. The van der Waals surface area contributed by atoms with Crippen molar-refractivity contribution in [2.75, 3.05) is 19.6 Å². The van der Waals surface area contributed by atoms with Crippen LogP contribution in [0.2, 0.25) is 5.02 Å². The minimum atomic E-state index is 0.214. The van der Waals surface area contributed by atoms with Crippen LogP contribution in [0.15, 0.2) is 24.3 Å². The first kappa shape index (κ1) is 12.9. The lowest BCUT2D eigenvalue weighted by Crippen LogP contribution is -2.31. The Hall–Kier alpha value is -1.06. The van der Waals surface area contributed by atoms with E-state index in [9.17, 15) is 4.79 Å². The first-order valence-electron chi connectivity index (χ1n) is 6.93. The van der Waals surface area contributed by atoms with Crippen LogP contribution in [0.3, 0.4) is 0 Å². The van der Waals surface area contributed by atoms with Gasteiger partial charge in [0.05, 0.1) is 0 Å². The average molecular weight is 279 g/mol. The molecule has 1 heterocycles. The van der Waals surface area contributed by atoms with Crippen LogP contribution >= 0.6 is 11.6 Å². The van der Waals surface area contributed by atoms with Gasteiger partial charge in [-0.1, -0.05) is 30.7 Å². The van der Waals surface area contributed by atoms with E-state index in [1.165, 1.54) is 0 Å². The van der Waals surface area contributed by atoms with Crippen LogP contribution in [0.1, 0.15) is 12.5 Å². The summed E-state index contributed by atoms with van der Waals surface area (Å²) in [5, 5.41) is 3.75. The van der Waals surface area contributed by atoms with Crippen LogP contribution in [-0.4, -0.2) is 30.4 Å². The Morgan fingerprint density at radius 2 is 2.16 bits per heavy atom. The Morgan fingerprint density at radius 3 is 2.79 bits per heavy atom. The maximum absolute atomic E-state index is 12.1. The molecular weight excluding hydrogens is 260 g/mol. The van der Waals surface area contributed by atoms with Crippen molar-refractivity contribution in [3.8, 4) is 0 Å². The van der Waals surface area contributed by atoms with E-state index in [2.05, 4.69) is 17.1 Å². The van der Waals surface area contributed by atoms with Gasteiger partial charge in [0, 0.05) is 30.6 Å². The molecule has 2 fully saturated rings. The van der Waals surface area contributed by atoms with Gasteiger partial charge >= 0.3 is 0 Å². The SMILES string of the molecule is CCN1CC2C(C1)C2C(=O)NCc1cccc(Cl)c1. The maximum Gasteiger partial charge on any atom is 0.224 e. The fourth-order valence-electron chi connectivity index (χ4n) is 3.21. The molecule has 1 saturated carbocycles. The van der Waals surface area contributed by atoms with Crippen molar-refractivity contribution in [1.82, 2.24) is 10.2 Å². The van der Waals surface area contributed by atoms with Crippen LogP contribution in [0.25, 0.3) is 0 Å². The minimum absolute atomic E-state index is 0.214. The Kier molecular flexibility index (Phi) is 3.50. The zero-order valence-corrected chi connectivity index (χ0v) is 11.9. The van der Waals surface area contributed by atoms with Crippen molar-refractivity contribution in [3.63, 3.8) is 0 Å². The largest absolute Gasteiger partial charge is 0.352 e. The number of fused-ring (bicyclic) bond motifs is 1. The molecule has 4 heteroatoms. The highest BCUT2D eigenvalue weighted by Crippen LogP contribution is 2.51. The Bertz CT molecular complexity index is 479. The number of carbonyl (C=O) groups excluding carboxylic acids is 1. The highest BCUT2D eigenvalue weighted by atomic mass is 35.5. The number of hydrogen-bond acceptors (Lipinski definition) is 2. The minimum Gasteiger partial charge on any atom is -0.352 e. The number of likely N-dealkylation sites (tertiary alicyclic amines) is 1. The molecule has 0 bridgehead atoms. The van der Waals surface area contributed by atoms with Gasteiger partial charge in [0.2, 0.25) is 5.91 Å². The number of benzene rings is 1. The van der Waals surface area contributed by atoms with E-state index in [-0.39, 0.29) is 11.8 Å². The molecule has 1 aliphatic carbocycles. The molecule has 3 nitrogen and oxygen atoms in total. The number of halogens is 1. The number of hydrogen-bond donors (Lipinski definition) is 1. The number of nitrogens with zero attached hydrogens (tertiary/aromatic N) is 1. The van der Waals surface area contributed by atoms with E-state index in [0.717, 1.165) is 25.2 Å². The van der Waals surface area contributed by atoms with Crippen molar-refractivity contribution in [3.05, 3.63) is 34.9 Å². The van der Waals surface area contributed by atoms with Crippen molar-refractivity contribution in [1.29, 1.82) is 0 Å². The summed E-state index contributed by atoms with van der Waals surface area (Å²) in [4.78, 5) is 14.5. The second-order valence-electron chi connectivity index (χ2n) is 5.55. The highest BCUT2D eigenvalue weighted by Gasteiger charge is 2.58. The second kappa shape index (κ2) is 5.14. The van der Waals surface area contributed by atoms with E-state index < -0.39 is 0 Å². The molecule has 0 spiro atoms. The molecule has 3 rings (SSSR count). The molecule has 1 aromatic rings. The summed E-state index contributed by atoms with van der Waals surface area (Å²) < 4.78 is 0. The van der Waals surface area contributed by atoms with Crippen molar-refractivity contribution >= 4 is 17.5 Å². The number of carbonyl (C=O) groups is 1. The first-order valence-corrected chi connectivity index (χ1v) is 7.31. The molecule has 1 aromatic carbocycles. The molecule has 102 valence electrons. The molecule has 1 N–H and O–H groups in total. The third-order valence-electron chi connectivity index (χ3n) is 4.38. The summed E-state index contributed by atoms with van der Waals surface area (Å²) in [7, 11) is 0. The summed E-state index contributed by atoms with van der Waals surface area (Å²) in [6, 6.07) is 7.64. The molecule has 0 aromatic heterocycles. The number of nitrogens with one attached hydrogen (secondary N) is 1. The first-order chi connectivity index (χ1) is 9.19. The Balaban J connectivity index is 1.49. The summed E-state index contributed by atoms with van der Waals surface area (Å²) in [5.41, 5.74) is 1.06. The predicted octanol–water partition coefficient (Wildman–Crippen LogP) is 2.15. The topological polar surface area (TPSA) is 32.3 Å². The molecule has 1 saturated heterocycles. The van der Waals surface area contributed by atoms with Crippen LogP contribution in [0.4, 0.5) is 0 Å². The van der Waals surface area contributed by atoms with Gasteiger partial charge in [-0.25, -0.2) is 0 Å². The van der Waals surface area contributed by atoms with Crippen molar-refractivity contribution in [2.24, 2.45) is 17.8 Å². The third kappa shape index (κ3) is 2.63. The van der Waals surface area contributed by atoms with Crippen LogP contribution < -0.4 is 5.32 Å². The summed E-state index contributed by atoms with van der Waals surface area (Å²) >= 11 is 5.93. The Morgan fingerprint density at radius 1 is 1.42 bits per heavy atom. The fraction of sp³-hybridized carbons (Fsp3) is 0.533. The maximum atomic E-state index is 12.1. The second-order valence-corrected chi connectivity index (χ2v) is 5.99. The molecular formula is C15H19ClN2O. The van der Waals surface area contributed by atoms with Crippen molar-refractivity contribution in [2.45, 2.75) is 13.5 Å². The van der Waals surface area contributed by atoms with Gasteiger partial charge in [0.25, 0.3) is 0 Å². The van der Waals surface area contributed by atoms with E-state index in [4.69, 9.17) is 11.6 Å². The van der Waals surface area contributed by atoms with Gasteiger partial charge in [-0.3, -0.25) is 4.79 Å². The highest BCUT2D eigenvalue weighted by molar-refractivity contribution is 6.30. The average Bonchev–Trinajstić information content (AvgIpc) is 2.91. The number of rotatable bonds is 4. The van der Waals surface area contributed by atoms with Crippen LogP contribution in [0, 0.1) is 17.8 Å². The van der Waals surface area contributed by atoms with E-state index in [0.29, 0.717) is 23.4 Å². The van der Waals surface area contributed by atoms with Crippen LogP contribution in [0.5, 0.6) is 0 Å². The van der Waals surface area contributed by atoms with Gasteiger partial charge in [-0.2, -0.15) is 0 Å². The smallest absolute Gasteiger partial charge is 0.224 e.